The highest BCUT2D eigenvalue weighted by atomic mass is 32.1. The Labute approximate surface area is 270 Å². The Hall–Kier alpha value is -5.70. The normalized spacial score (nSPS) is 12.1. The van der Waals surface area contributed by atoms with Gasteiger partial charge in [0.25, 0.3) is 0 Å². The zero-order chi connectivity index (χ0) is 30.2. The van der Waals surface area contributed by atoms with Crippen LogP contribution in [0.1, 0.15) is 0 Å². The molecule has 1 aliphatic rings. The van der Waals surface area contributed by atoms with Crippen molar-refractivity contribution in [1.82, 2.24) is 0 Å². The molecule has 1 aliphatic heterocycles. The summed E-state index contributed by atoms with van der Waals surface area (Å²) < 4.78 is 9.45. The first-order chi connectivity index (χ1) is 22.8. The first kappa shape index (κ1) is 25.6. The van der Waals surface area contributed by atoms with Gasteiger partial charge in [-0.3, -0.25) is 0 Å². The van der Waals surface area contributed by atoms with Gasteiger partial charge in [-0.25, -0.2) is 0 Å². The van der Waals surface area contributed by atoms with Crippen molar-refractivity contribution in [2.24, 2.45) is 0 Å². The third-order valence-corrected chi connectivity index (χ3v) is 10.7. The molecule has 10 rings (SSSR count). The maximum Gasteiger partial charge on any atom is 0.143 e. The van der Waals surface area contributed by atoms with Gasteiger partial charge in [0, 0.05) is 36.7 Å². The van der Waals surface area contributed by atoms with Crippen molar-refractivity contribution in [2.75, 3.05) is 0 Å². The van der Waals surface area contributed by atoms with Crippen molar-refractivity contribution in [1.29, 1.82) is 0 Å². The lowest BCUT2D eigenvalue weighted by Gasteiger charge is -2.24. The molecule has 0 atom stereocenters. The lowest BCUT2D eigenvalue weighted by atomic mass is 9.89. The Morgan fingerprint density at radius 3 is 1.76 bits per heavy atom. The molecule has 214 valence electrons. The molecule has 0 spiro atoms. The van der Waals surface area contributed by atoms with E-state index in [9.17, 15) is 0 Å². The van der Waals surface area contributed by atoms with Crippen molar-refractivity contribution in [3.05, 3.63) is 158 Å². The second kappa shape index (κ2) is 9.90. The van der Waals surface area contributed by atoms with Crippen LogP contribution in [0.25, 0.3) is 86.2 Å². The molecule has 0 unspecified atom stereocenters. The fraction of sp³-hybridized carbons (Fsp3) is 0. The fourth-order valence-electron chi connectivity index (χ4n) is 7.28. The Balaban J connectivity index is 1.01. The zero-order valence-electron chi connectivity index (χ0n) is 24.8. The van der Waals surface area contributed by atoms with Gasteiger partial charge in [0.2, 0.25) is 0 Å². The summed E-state index contributed by atoms with van der Waals surface area (Å²) in [6, 6.07) is 57.1. The molecular formula is C44H26OS. The van der Waals surface area contributed by atoms with Crippen LogP contribution < -0.4 is 4.74 Å². The Kier molecular flexibility index (Phi) is 5.51. The smallest absolute Gasteiger partial charge is 0.143 e. The van der Waals surface area contributed by atoms with Gasteiger partial charge in [-0.1, -0.05) is 146 Å². The average Bonchev–Trinajstić information content (AvgIpc) is 3.51. The minimum atomic E-state index is 0.922. The average molecular weight is 603 g/mol. The van der Waals surface area contributed by atoms with E-state index in [2.05, 4.69) is 158 Å². The van der Waals surface area contributed by atoms with Crippen LogP contribution in [-0.2, 0) is 0 Å². The lowest BCUT2D eigenvalue weighted by molar-refractivity contribution is 0.489. The largest absolute Gasteiger partial charge is 0.455 e. The summed E-state index contributed by atoms with van der Waals surface area (Å²) in [6.45, 7) is 0. The predicted octanol–water partition coefficient (Wildman–Crippen LogP) is 13.1. The maximum atomic E-state index is 6.76. The van der Waals surface area contributed by atoms with Gasteiger partial charge in [-0.2, -0.15) is 0 Å². The second-order valence-electron chi connectivity index (χ2n) is 12.0. The van der Waals surface area contributed by atoms with Gasteiger partial charge in [0.1, 0.15) is 11.5 Å². The molecule has 0 N–H and O–H groups in total. The molecule has 2 heteroatoms. The first-order valence-corrected chi connectivity index (χ1v) is 16.5. The molecule has 0 amide bonds. The van der Waals surface area contributed by atoms with E-state index in [1.807, 2.05) is 11.3 Å². The maximum absolute atomic E-state index is 6.76. The van der Waals surface area contributed by atoms with Crippen LogP contribution in [0.15, 0.2) is 158 Å². The van der Waals surface area contributed by atoms with Crippen LogP contribution in [0.3, 0.4) is 0 Å². The molecule has 0 fully saturated rings. The number of ether oxygens (including phenoxy) is 1. The van der Waals surface area contributed by atoms with E-state index in [0.29, 0.717) is 0 Å². The molecule has 1 aromatic heterocycles. The topological polar surface area (TPSA) is 9.23 Å². The Morgan fingerprint density at radius 2 is 0.957 bits per heavy atom. The fourth-order valence-corrected chi connectivity index (χ4v) is 8.52. The van der Waals surface area contributed by atoms with Crippen LogP contribution in [0.5, 0.6) is 11.5 Å². The monoisotopic (exact) mass is 602 g/mol. The number of benzene rings is 8. The molecule has 8 aromatic carbocycles. The van der Waals surface area contributed by atoms with Crippen molar-refractivity contribution in [2.45, 2.75) is 0 Å². The summed E-state index contributed by atoms with van der Waals surface area (Å²) >= 11 is 1.88. The second-order valence-corrected chi connectivity index (χ2v) is 13.1. The predicted molar refractivity (Wildman–Crippen MR) is 196 cm³/mol. The van der Waals surface area contributed by atoms with E-state index in [1.54, 1.807) is 0 Å². The number of thiophene rings is 1. The summed E-state index contributed by atoms with van der Waals surface area (Å²) in [6.07, 6.45) is 0. The highest BCUT2D eigenvalue weighted by Crippen LogP contribution is 2.51. The molecule has 0 saturated carbocycles. The molecule has 2 heterocycles. The van der Waals surface area contributed by atoms with Gasteiger partial charge in [0.05, 0.1) is 0 Å². The van der Waals surface area contributed by atoms with Crippen molar-refractivity contribution in [3.63, 3.8) is 0 Å². The van der Waals surface area contributed by atoms with E-state index >= 15 is 0 Å². The zero-order valence-corrected chi connectivity index (χ0v) is 25.6. The minimum absolute atomic E-state index is 0.922. The van der Waals surface area contributed by atoms with Crippen LogP contribution >= 0.6 is 11.3 Å². The highest BCUT2D eigenvalue weighted by Gasteiger charge is 2.24. The van der Waals surface area contributed by atoms with E-state index in [0.717, 1.165) is 28.2 Å². The summed E-state index contributed by atoms with van der Waals surface area (Å²) in [5.74, 6) is 1.84. The Bertz CT molecular complexity index is 2640. The van der Waals surface area contributed by atoms with Crippen molar-refractivity contribution >= 4 is 53.1 Å². The van der Waals surface area contributed by atoms with E-state index in [4.69, 9.17) is 4.74 Å². The van der Waals surface area contributed by atoms with E-state index in [-0.39, 0.29) is 0 Å². The lowest BCUT2D eigenvalue weighted by Crippen LogP contribution is -1.99. The van der Waals surface area contributed by atoms with E-state index < -0.39 is 0 Å². The van der Waals surface area contributed by atoms with Crippen molar-refractivity contribution in [3.8, 4) is 56.0 Å². The number of fused-ring (bicyclic) bond motifs is 7. The third-order valence-electron chi connectivity index (χ3n) is 9.50. The molecule has 46 heavy (non-hydrogen) atoms. The highest BCUT2D eigenvalue weighted by molar-refractivity contribution is 7.26. The quantitative estimate of drug-likeness (QED) is 0.183. The Morgan fingerprint density at radius 1 is 0.391 bits per heavy atom. The summed E-state index contributed by atoms with van der Waals surface area (Å²) in [7, 11) is 0. The number of hydrogen-bond acceptors (Lipinski definition) is 2. The molecule has 0 saturated heterocycles. The molecule has 0 radical (unpaired) electrons. The molecule has 9 aromatic rings. The van der Waals surface area contributed by atoms with Crippen LogP contribution in [0, 0.1) is 0 Å². The van der Waals surface area contributed by atoms with Gasteiger partial charge in [-0.15, -0.1) is 11.3 Å². The first-order valence-electron chi connectivity index (χ1n) is 15.7. The van der Waals surface area contributed by atoms with Crippen LogP contribution in [0.2, 0.25) is 0 Å². The third kappa shape index (κ3) is 3.81. The van der Waals surface area contributed by atoms with Gasteiger partial charge >= 0.3 is 0 Å². The molecule has 0 bridgehead atoms. The summed E-state index contributed by atoms with van der Waals surface area (Å²) in [5.41, 5.74) is 9.55. The van der Waals surface area contributed by atoms with Crippen LogP contribution in [0.4, 0.5) is 0 Å². The van der Waals surface area contributed by atoms with Gasteiger partial charge in [0.15, 0.2) is 0 Å². The standard InChI is InChI=1S/C44H26OS/c1-2-9-32-31(8-1)26-40-42-36(32)13-7-14-37(42)38-15-5-11-33(43(38)45-40)29-22-18-27(19-23-29)28-20-24-30(25-21-28)34-12-6-16-39-35-10-3-4-17-41(35)46-44(34)39/h1-26H. The summed E-state index contributed by atoms with van der Waals surface area (Å²) in [5, 5.41) is 7.54. The van der Waals surface area contributed by atoms with Gasteiger partial charge in [-0.05, 0) is 61.7 Å². The van der Waals surface area contributed by atoms with Crippen LogP contribution in [-0.4, -0.2) is 0 Å². The SMILES string of the molecule is c1cc(-c2ccc(-c3ccc(-c4cccc5c4sc4ccccc45)cc3)cc2)c2c(c1)-c1cccc3c1c(cc1ccccc13)O2. The number of hydrogen-bond donors (Lipinski definition) is 0. The molecule has 0 aliphatic carbocycles. The number of para-hydroxylation sites is 1. The number of rotatable bonds is 3. The minimum Gasteiger partial charge on any atom is -0.455 e. The summed E-state index contributed by atoms with van der Waals surface area (Å²) in [4.78, 5) is 0. The van der Waals surface area contributed by atoms with Gasteiger partial charge < -0.3 is 4.74 Å². The van der Waals surface area contributed by atoms with Crippen molar-refractivity contribution < 1.29 is 4.74 Å². The molecular weight excluding hydrogens is 577 g/mol. The van der Waals surface area contributed by atoms with E-state index in [1.165, 1.54) is 69.5 Å². The molecule has 1 nitrogen and oxygen atoms in total.